The summed E-state index contributed by atoms with van der Waals surface area (Å²) in [4.78, 5) is 2.13. The highest BCUT2D eigenvalue weighted by Gasteiger charge is 2.31. The molecule has 0 bridgehead atoms. The molecule has 1 aromatic rings. The van der Waals surface area contributed by atoms with Gasteiger partial charge in [-0.3, -0.25) is 4.90 Å². The summed E-state index contributed by atoms with van der Waals surface area (Å²) in [6.07, 6.45) is 1.11. The van der Waals surface area contributed by atoms with Crippen LogP contribution in [-0.2, 0) is 4.74 Å². The Morgan fingerprint density at radius 1 is 1.45 bits per heavy atom. The molecule has 1 fully saturated rings. The third-order valence-corrected chi connectivity index (χ3v) is 4.21. The predicted octanol–water partition coefficient (Wildman–Crippen LogP) is 2.32. The van der Waals surface area contributed by atoms with Crippen molar-refractivity contribution in [3.8, 4) is 0 Å². The quantitative estimate of drug-likeness (QED) is 0.922. The summed E-state index contributed by atoms with van der Waals surface area (Å²) in [5.41, 5.74) is 6.28. The second-order valence-corrected chi connectivity index (χ2v) is 5.45. The van der Waals surface area contributed by atoms with Crippen LogP contribution >= 0.6 is 0 Å². The van der Waals surface area contributed by atoms with Crippen LogP contribution in [0.2, 0.25) is 0 Å². The first-order chi connectivity index (χ1) is 9.56. The van der Waals surface area contributed by atoms with Crippen LogP contribution in [0.4, 0.5) is 8.78 Å². The molecule has 1 saturated heterocycles. The summed E-state index contributed by atoms with van der Waals surface area (Å²) in [6, 6.07) is 3.45. The molecule has 2 N–H and O–H groups in total. The Labute approximate surface area is 118 Å². The fraction of sp³-hybridized carbons (Fsp3) is 0.600. The zero-order valence-electron chi connectivity index (χ0n) is 12.0. The number of nitrogens with two attached hydrogens (primary N) is 1. The van der Waals surface area contributed by atoms with Crippen LogP contribution in [0.3, 0.4) is 0 Å². The van der Waals surface area contributed by atoms with Crippen molar-refractivity contribution in [2.24, 2.45) is 11.7 Å². The first-order valence-corrected chi connectivity index (χ1v) is 6.98. The lowest BCUT2D eigenvalue weighted by Gasteiger charge is -2.40. The van der Waals surface area contributed by atoms with Crippen molar-refractivity contribution >= 4 is 0 Å². The Morgan fingerprint density at radius 3 is 2.80 bits per heavy atom. The molecule has 0 radical (unpaired) electrons. The molecule has 3 unspecified atom stereocenters. The summed E-state index contributed by atoms with van der Waals surface area (Å²) in [6.45, 7) is 4.02. The van der Waals surface area contributed by atoms with Crippen molar-refractivity contribution in [1.82, 2.24) is 4.90 Å². The first kappa shape index (κ1) is 15.4. The minimum atomic E-state index is -0.566. The van der Waals surface area contributed by atoms with Gasteiger partial charge in [0.25, 0.3) is 0 Å². The Kier molecular flexibility index (Phi) is 5.07. The lowest BCUT2D eigenvalue weighted by Crippen LogP contribution is -2.47. The van der Waals surface area contributed by atoms with Gasteiger partial charge < -0.3 is 10.5 Å². The Hall–Kier alpha value is -1.04. The van der Waals surface area contributed by atoms with Crippen LogP contribution < -0.4 is 5.73 Å². The van der Waals surface area contributed by atoms with Crippen molar-refractivity contribution in [3.05, 3.63) is 35.4 Å². The van der Waals surface area contributed by atoms with Gasteiger partial charge in [-0.05, 0) is 24.9 Å². The molecule has 20 heavy (non-hydrogen) atoms. The van der Waals surface area contributed by atoms with E-state index >= 15 is 0 Å². The van der Waals surface area contributed by atoms with E-state index in [0.29, 0.717) is 18.0 Å². The maximum absolute atomic E-state index is 13.9. The number of ether oxygens (including phenoxy) is 1. The van der Waals surface area contributed by atoms with Gasteiger partial charge in [0.2, 0.25) is 0 Å². The Bertz CT molecular complexity index is 455. The molecule has 0 saturated carbocycles. The van der Waals surface area contributed by atoms with Gasteiger partial charge in [-0.2, -0.15) is 0 Å². The SMILES string of the molecule is COC1CN(C(CN)c2ccc(F)cc2F)CCC1C. The van der Waals surface area contributed by atoms with E-state index in [0.717, 1.165) is 25.6 Å². The highest BCUT2D eigenvalue weighted by Crippen LogP contribution is 2.29. The van der Waals surface area contributed by atoms with Crippen LogP contribution in [0.1, 0.15) is 24.9 Å². The van der Waals surface area contributed by atoms with Gasteiger partial charge in [0.1, 0.15) is 11.6 Å². The average Bonchev–Trinajstić information content (AvgIpc) is 2.43. The molecule has 112 valence electrons. The Balaban J connectivity index is 2.19. The van der Waals surface area contributed by atoms with Crippen molar-refractivity contribution in [1.29, 1.82) is 0 Å². The van der Waals surface area contributed by atoms with Gasteiger partial charge in [-0.15, -0.1) is 0 Å². The summed E-state index contributed by atoms with van der Waals surface area (Å²) in [7, 11) is 1.70. The zero-order valence-corrected chi connectivity index (χ0v) is 12.0. The zero-order chi connectivity index (χ0) is 14.7. The third kappa shape index (κ3) is 3.16. The van der Waals surface area contributed by atoms with Crippen LogP contribution in [0.5, 0.6) is 0 Å². The summed E-state index contributed by atoms with van der Waals surface area (Å²) >= 11 is 0. The molecule has 0 spiro atoms. The fourth-order valence-corrected chi connectivity index (χ4v) is 2.89. The lowest BCUT2D eigenvalue weighted by atomic mass is 9.93. The molecule has 0 amide bonds. The maximum Gasteiger partial charge on any atom is 0.130 e. The summed E-state index contributed by atoms with van der Waals surface area (Å²) in [5, 5.41) is 0. The van der Waals surface area contributed by atoms with E-state index < -0.39 is 11.6 Å². The Morgan fingerprint density at radius 2 is 2.20 bits per heavy atom. The van der Waals surface area contributed by atoms with Gasteiger partial charge in [-0.1, -0.05) is 13.0 Å². The molecule has 0 aromatic heterocycles. The van der Waals surface area contributed by atoms with Crippen LogP contribution in [0, 0.1) is 17.6 Å². The van der Waals surface area contributed by atoms with Gasteiger partial charge >= 0.3 is 0 Å². The normalized spacial score (nSPS) is 25.6. The molecular formula is C15H22F2N2O. The minimum absolute atomic E-state index is 0.126. The number of hydrogen-bond acceptors (Lipinski definition) is 3. The third-order valence-electron chi connectivity index (χ3n) is 4.21. The molecule has 3 atom stereocenters. The minimum Gasteiger partial charge on any atom is -0.380 e. The number of benzene rings is 1. The number of piperidine rings is 1. The number of nitrogens with zero attached hydrogens (tertiary/aromatic N) is 1. The average molecular weight is 284 g/mol. The smallest absolute Gasteiger partial charge is 0.130 e. The molecule has 3 nitrogen and oxygen atoms in total. The topological polar surface area (TPSA) is 38.5 Å². The summed E-state index contributed by atoms with van der Waals surface area (Å²) in [5.74, 6) is -0.621. The fourth-order valence-electron chi connectivity index (χ4n) is 2.89. The van der Waals surface area contributed by atoms with Crippen LogP contribution in [0.15, 0.2) is 18.2 Å². The molecule has 1 aliphatic heterocycles. The van der Waals surface area contributed by atoms with Gasteiger partial charge in [-0.25, -0.2) is 8.78 Å². The van der Waals surface area contributed by atoms with Gasteiger partial charge in [0.05, 0.1) is 12.1 Å². The van der Waals surface area contributed by atoms with E-state index in [4.69, 9.17) is 10.5 Å². The van der Waals surface area contributed by atoms with Gasteiger partial charge in [0.15, 0.2) is 0 Å². The van der Waals surface area contributed by atoms with Crippen molar-refractivity contribution in [2.75, 3.05) is 26.7 Å². The summed E-state index contributed by atoms with van der Waals surface area (Å²) < 4.78 is 32.4. The molecule has 2 rings (SSSR count). The number of likely N-dealkylation sites (tertiary alicyclic amines) is 1. The van der Waals surface area contributed by atoms with Gasteiger partial charge in [0, 0.05) is 31.8 Å². The molecule has 0 aliphatic carbocycles. The van der Waals surface area contributed by atoms with E-state index in [-0.39, 0.29) is 12.1 Å². The first-order valence-electron chi connectivity index (χ1n) is 6.98. The maximum atomic E-state index is 13.9. The number of rotatable bonds is 4. The van der Waals surface area contributed by atoms with E-state index in [1.165, 1.54) is 12.1 Å². The monoisotopic (exact) mass is 284 g/mol. The molecule has 1 heterocycles. The highest BCUT2D eigenvalue weighted by atomic mass is 19.1. The van der Waals surface area contributed by atoms with Crippen LogP contribution in [0.25, 0.3) is 0 Å². The van der Waals surface area contributed by atoms with Crippen molar-refractivity contribution < 1.29 is 13.5 Å². The number of hydrogen-bond donors (Lipinski definition) is 1. The molecular weight excluding hydrogens is 262 g/mol. The standard InChI is InChI=1S/C15H22F2N2O/c1-10-5-6-19(9-15(10)20-2)14(8-18)12-4-3-11(16)7-13(12)17/h3-4,7,10,14-15H,5-6,8-9,18H2,1-2H3. The second kappa shape index (κ2) is 6.61. The van der Waals surface area contributed by atoms with E-state index in [1.807, 2.05) is 0 Å². The highest BCUT2D eigenvalue weighted by molar-refractivity contribution is 5.23. The van der Waals surface area contributed by atoms with Crippen molar-refractivity contribution in [3.63, 3.8) is 0 Å². The van der Waals surface area contributed by atoms with E-state index in [2.05, 4.69) is 11.8 Å². The molecule has 5 heteroatoms. The second-order valence-electron chi connectivity index (χ2n) is 5.45. The molecule has 1 aromatic carbocycles. The number of methoxy groups -OCH3 is 1. The largest absolute Gasteiger partial charge is 0.380 e. The van der Waals surface area contributed by atoms with E-state index in [1.54, 1.807) is 7.11 Å². The van der Waals surface area contributed by atoms with E-state index in [9.17, 15) is 8.78 Å². The van der Waals surface area contributed by atoms with Crippen LogP contribution in [-0.4, -0.2) is 37.7 Å². The van der Waals surface area contributed by atoms with Crippen molar-refractivity contribution in [2.45, 2.75) is 25.5 Å². The lowest BCUT2D eigenvalue weighted by molar-refractivity contribution is -0.0187. The predicted molar refractivity (Wildman–Crippen MR) is 74.3 cm³/mol. The number of halogens is 2. The molecule has 1 aliphatic rings.